The second kappa shape index (κ2) is 7.48. The van der Waals surface area contributed by atoms with Crippen molar-refractivity contribution in [2.24, 2.45) is 11.8 Å². The zero-order valence-electron chi connectivity index (χ0n) is 15.1. The SMILES string of the molecule is O=C(NCCCn1cnc2ccccc21)C1CCN(C(=O)C2CC2)CC1. The highest BCUT2D eigenvalue weighted by Crippen LogP contribution is 2.32. The Kier molecular flexibility index (Phi) is 4.91. The summed E-state index contributed by atoms with van der Waals surface area (Å²) >= 11 is 0. The molecule has 0 spiro atoms. The molecule has 1 saturated carbocycles. The van der Waals surface area contributed by atoms with Gasteiger partial charge in [-0.3, -0.25) is 9.59 Å². The third-order valence-corrected chi connectivity index (χ3v) is 5.51. The van der Waals surface area contributed by atoms with Crippen molar-refractivity contribution in [1.82, 2.24) is 19.8 Å². The van der Waals surface area contributed by atoms with Crippen LogP contribution in [-0.2, 0) is 16.1 Å². The largest absolute Gasteiger partial charge is 0.356 e. The predicted molar refractivity (Wildman–Crippen MR) is 99.4 cm³/mol. The number of carbonyl (C=O) groups excluding carboxylic acids is 2. The Bertz CT molecular complexity index is 788. The lowest BCUT2D eigenvalue weighted by atomic mass is 9.95. The van der Waals surface area contributed by atoms with Crippen LogP contribution >= 0.6 is 0 Å². The van der Waals surface area contributed by atoms with Crippen LogP contribution in [0.5, 0.6) is 0 Å². The Morgan fingerprint density at radius 1 is 1.08 bits per heavy atom. The smallest absolute Gasteiger partial charge is 0.225 e. The molecule has 1 aliphatic carbocycles. The van der Waals surface area contributed by atoms with Crippen LogP contribution in [0.15, 0.2) is 30.6 Å². The number of piperidine rings is 1. The van der Waals surface area contributed by atoms with Crippen LogP contribution in [0.1, 0.15) is 32.1 Å². The van der Waals surface area contributed by atoms with Crippen molar-refractivity contribution in [3.63, 3.8) is 0 Å². The fraction of sp³-hybridized carbons (Fsp3) is 0.550. The lowest BCUT2D eigenvalue weighted by Gasteiger charge is -2.31. The zero-order chi connectivity index (χ0) is 17.9. The molecule has 2 aromatic rings. The molecule has 1 aromatic carbocycles. The van der Waals surface area contributed by atoms with E-state index in [1.165, 1.54) is 0 Å². The number of rotatable bonds is 6. The van der Waals surface area contributed by atoms with E-state index >= 15 is 0 Å². The van der Waals surface area contributed by atoms with Crippen molar-refractivity contribution in [3.8, 4) is 0 Å². The van der Waals surface area contributed by atoms with Gasteiger partial charge in [0.2, 0.25) is 11.8 Å². The lowest BCUT2D eigenvalue weighted by molar-refractivity contribution is -0.136. The molecule has 1 aliphatic heterocycles. The number of likely N-dealkylation sites (tertiary alicyclic amines) is 1. The first-order valence-corrected chi connectivity index (χ1v) is 9.69. The predicted octanol–water partition coefficient (Wildman–Crippen LogP) is 2.19. The van der Waals surface area contributed by atoms with Crippen molar-refractivity contribution in [3.05, 3.63) is 30.6 Å². The summed E-state index contributed by atoms with van der Waals surface area (Å²) < 4.78 is 2.13. The topological polar surface area (TPSA) is 67.2 Å². The molecule has 0 bridgehead atoms. The van der Waals surface area contributed by atoms with E-state index in [0.29, 0.717) is 12.5 Å². The summed E-state index contributed by atoms with van der Waals surface area (Å²) in [6.07, 6.45) is 6.41. The highest BCUT2D eigenvalue weighted by atomic mass is 16.2. The minimum atomic E-state index is 0.0485. The van der Waals surface area contributed by atoms with Crippen molar-refractivity contribution >= 4 is 22.8 Å². The molecule has 1 aromatic heterocycles. The number of benzene rings is 1. The molecule has 138 valence electrons. The van der Waals surface area contributed by atoms with Gasteiger partial charge < -0.3 is 14.8 Å². The quantitative estimate of drug-likeness (QED) is 0.809. The van der Waals surface area contributed by atoms with Crippen LogP contribution < -0.4 is 5.32 Å². The molecule has 4 rings (SSSR count). The molecule has 0 radical (unpaired) electrons. The number of aromatic nitrogens is 2. The van der Waals surface area contributed by atoms with Gasteiger partial charge in [-0.2, -0.15) is 0 Å². The van der Waals surface area contributed by atoms with Crippen LogP contribution in [0.4, 0.5) is 0 Å². The summed E-state index contributed by atoms with van der Waals surface area (Å²) in [5, 5.41) is 3.07. The summed E-state index contributed by atoms with van der Waals surface area (Å²) in [5.41, 5.74) is 2.13. The molecule has 2 amide bonds. The van der Waals surface area contributed by atoms with Gasteiger partial charge in [-0.15, -0.1) is 0 Å². The molecule has 0 unspecified atom stereocenters. The molecule has 26 heavy (non-hydrogen) atoms. The van der Waals surface area contributed by atoms with E-state index in [2.05, 4.69) is 20.9 Å². The number of imidazole rings is 1. The van der Waals surface area contributed by atoms with E-state index < -0.39 is 0 Å². The van der Waals surface area contributed by atoms with Gasteiger partial charge in [0.05, 0.1) is 17.4 Å². The summed E-state index contributed by atoms with van der Waals surface area (Å²) in [4.78, 5) is 30.8. The van der Waals surface area contributed by atoms with Crippen LogP contribution in [0, 0.1) is 11.8 Å². The van der Waals surface area contributed by atoms with Crippen molar-refractivity contribution < 1.29 is 9.59 Å². The van der Waals surface area contributed by atoms with Gasteiger partial charge in [-0.25, -0.2) is 4.98 Å². The normalized spacial score (nSPS) is 18.2. The number of nitrogens with zero attached hydrogens (tertiary/aromatic N) is 3. The number of fused-ring (bicyclic) bond motifs is 1. The van der Waals surface area contributed by atoms with Gasteiger partial charge in [0.25, 0.3) is 0 Å². The first-order chi connectivity index (χ1) is 12.7. The Hall–Kier alpha value is -2.37. The molecule has 1 saturated heterocycles. The maximum absolute atomic E-state index is 12.4. The monoisotopic (exact) mass is 354 g/mol. The van der Waals surface area contributed by atoms with Crippen LogP contribution in [0.2, 0.25) is 0 Å². The number of hydrogen-bond acceptors (Lipinski definition) is 3. The van der Waals surface area contributed by atoms with Gasteiger partial charge in [-0.05, 0) is 44.2 Å². The lowest BCUT2D eigenvalue weighted by Crippen LogP contribution is -2.43. The molecule has 6 nitrogen and oxygen atoms in total. The molecular weight excluding hydrogens is 328 g/mol. The number of nitrogens with one attached hydrogen (secondary N) is 1. The molecular formula is C20H26N4O2. The van der Waals surface area contributed by atoms with Gasteiger partial charge >= 0.3 is 0 Å². The third kappa shape index (κ3) is 3.74. The third-order valence-electron chi connectivity index (χ3n) is 5.51. The first kappa shape index (κ1) is 17.1. The summed E-state index contributed by atoms with van der Waals surface area (Å²) in [6.45, 7) is 2.98. The Balaban J connectivity index is 1.18. The number of hydrogen-bond donors (Lipinski definition) is 1. The van der Waals surface area contributed by atoms with Gasteiger partial charge in [0.15, 0.2) is 0 Å². The Morgan fingerprint density at radius 2 is 1.85 bits per heavy atom. The van der Waals surface area contributed by atoms with E-state index in [9.17, 15) is 9.59 Å². The molecule has 1 N–H and O–H groups in total. The number of carbonyl (C=O) groups is 2. The van der Waals surface area contributed by atoms with Crippen LogP contribution in [-0.4, -0.2) is 45.9 Å². The first-order valence-electron chi connectivity index (χ1n) is 9.69. The number of para-hydroxylation sites is 2. The van der Waals surface area contributed by atoms with Gasteiger partial charge in [0.1, 0.15) is 0 Å². The fourth-order valence-electron chi connectivity index (χ4n) is 3.74. The summed E-state index contributed by atoms with van der Waals surface area (Å²) in [7, 11) is 0. The zero-order valence-corrected chi connectivity index (χ0v) is 15.1. The van der Waals surface area contributed by atoms with E-state index in [-0.39, 0.29) is 17.7 Å². The van der Waals surface area contributed by atoms with E-state index in [4.69, 9.17) is 0 Å². The van der Waals surface area contributed by atoms with E-state index in [0.717, 1.165) is 62.8 Å². The van der Waals surface area contributed by atoms with Gasteiger partial charge in [-0.1, -0.05) is 12.1 Å². The maximum Gasteiger partial charge on any atom is 0.225 e. The van der Waals surface area contributed by atoms with E-state index in [1.54, 1.807) is 0 Å². The molecule has 2 aliphatic rings. The van der Waals surface area contributed by atoms with Crippen LogP contribution in [0.25, 0.3) is 11.0 Å². The minimum Gasteiger partial charge on any atom is -0.356 e. The molecule has 0 atom stereocenters. The number of aryl methyl sites for hydroxylation is 1. The molecule has 2 fully saturated rings. The van der Waals surface area contributed by atoms with Crippen molar-refractivity contribution in [2.75, 3.05) is 19.6 Å². The second-order valence-electron chi connectivity index (χ2n) is 7.45. The maximum atomic E-state index is 12.4. The second-order valence-corrected chi connectivity index (χ2v) is 7.45. The van der Waals surface area contributed by atoms with Crippen molar-refractivity contribution in [2.45, 2.75) is 38.6 Å². The minimum absolute atomic E-state index is 0.0485. The van der Waals surface area contributed by atoms with Gasteiger partial charge in [0, 0.05) is 38.0 Å². The van der Waals surface area contributed by atoms with Crippen LogP contribution in [0.3, 0.4) is 0 Å². The van der Waals surface area contributed by atoms with E-state index in [1.807, 2.05) is 29.4 Å². The standard InChI is InChI=1S/C20H26N4O2/c25-19(15-8-12-23(13-9-15)20(26)16-6-7-16)21-10-3-11-24-14-22-17-4-1-2-5-18(17)24/h1-2,4-5,14-16H,3,6-13H2,(H,21,25). The highest BCUT2D eigenvalue weighted by molar-refractivity contribution is 5.82. The Labute approximate surface area is 153 Å². The fourth-order valence-corrected chi connectivity index (χ4v) is 3.74. The molecule has 2 heterocycles. The summed E-state index contributed by atoms with van der Waals surface area (Å²) in [6, 6.07) is 8.08. The average Bonchev–Trinajstić information content (AvgIpc) is 3.45. The highest BCUT2D eigenvalue weighted by Gasteiger charge is 2.35. The summed E-state index contributed by atoms with van der Waals surface area (Å²) in [5.74, 6) is 0.766. The average molecular weight is 354 g/mol. The molecule has 6 heteroatoms. The number of amides is 2. The Morgan fingerprint density at radius 3 is 2.62 bits per heavy atom. The van der Waals surface area contributed by atoms with Crippen molar-refractivity contribution in [1.29, 1.82) is 0 Å².